The first-order chi connectivity index (χ1) is 11.3. The molecule has 2 rings (SSSR count). The molecular formula is C15H14INO5S2. The van der Waals surface area contributed by atoms with Crippen LogP contribution in [0.5, 0.6) is 11.5 Å². The number of benzene rings is 1. The number of carboxylic acid groups (broad SMARTS) is 1. The first kappa shape index (κ1) is 19.0. The molecule has 6 nitrogen and oxygen atoms in total. The molecule has 1 amide bonds. The quantitative estimate of drug-likeness (QED) is 0.369. The van der Waals surface area contributed by atoms with Crippen molar-refractivity contribution >= 4 is 68.8 Å². The van der Waals surface area contributed by atoms with Gasteiger partial charge in [-0.25, -0.2) is 0 Å². The molecule has 0 radical (unpaired) electrons. The molecule has 9 heteroatoms. The van der Waals surface area contributed by atoms with Crippen LogP contribution in [0.2, 0.25) is 0 Å². The fourth-order valence-electron chi connectivity index (χ4n) is 2.07. The molecule has 1 aromatic rings. The summed E-state index contributed by atoms with van der Waals surface area (Å²) in [5.41, 5.74) is 0.708. The Kier molecular flexibility index (Phi) is 6.47. The minimum Gasteiger partial charge on any atom is -0.504 e. The molecular weight excluding hydrogens is 465 g/mol. The third-order valence-electron chi connectivity index (χ3n) is 3.21. The number of amides is 1. The van der Waals surface area contributed by atoms with E-state index in [1.165, 1.54) is 23.8 Å². The minimum absolute atomic E-state index is 0.0105. The summed E-state index contributed by atoms with van der Waals surface area (Å²) in [7, 11) is 1.46. The summed E-state index contributed by atoms with van der Waals surface area (Å²) in [6, 6.07) is 3.36. The van der Waals surface area contributed by atoms with Crippen LogP contribution >= 0.6 is 46.6 Å². The van der Waals surface area contributed by atoms with E-state index in [9.17, 15) is 14.7 Å². The van der Waals surface area contributed by atoms with Gasteiger partial charge in [-0.1, -0.05) is 24.0 Å². The van der Waals surface area contributed by atoms with Crippen LogP contribution in [0.15, 0.2) is 17.0 Å². The van der Waals surface area contributed by atoms with Crippen molar-refractivity contribution in [2.75, 3.05) is 13.7 Å². The third kappa shape index (κ3) is 4.39. The number of nitrogens with zero attached hydrogens (tertiary/aromatic N) is 1. The molecule has 1 aromatic carbocycles. The second-order valence-electron chi connectivity index (χ2n) is 4.88. The minimum atomic E-state index is -0.901. The van der Waals surface area contributed by atoms with Crippen LogP contribution in [0.4, 0.5) is 0 Å². The van der Waals surface area contributed by atoms with E-state index in [-0.39, 0.29) is 24.6 Å². The number of hydrogen-bond donors (Lipinski definition) is 2. The van der Waals surface area contributed by atoms with Crippen molar-refractivity contribution in [3.8, 4) is 11.5 Å². The molecule has 1 aliphatic rings. The average molecular weight is 479 g/mol. The van der Waals surface area contributed by atoms with Gasteiger partial charge in [0.05, 0.1) is 15.6 Å². The first-order valence-electron chi connectivity index (χ1n) is 6.87. The predicted octanol–water partition coefficient (Wildman–Crippen LogP) is 3.07. The molecule has 0 unspecified atom stereocenters. The standard InChI is InChI=1S/C15H14INO5S2/c1-22-10-6-8(5-9(16)13(10)20)7-11-14(21)17(15(23)24-11)4-2-3-12(18)19/h5-7,20H,2-4H2,1H3,(H,18,19). The van der Waals surface area contributed by atoms with Crippen LogP contribution in [-0.2, 0) is 9.59 Å². The number of ether oxygens (including phenoxy) is 1. The fraction of sp³-hybridized carbons (Fsp3) is 0.267. The van der Waals surface area contributed by atoms with Gasteiger partial charge in [-0.3, -0.25) is 14.5 Å². The highest BCUT2D eigenvalue weighted by molar-refractivity contribution is 14.1. The van der Waals surface area contributed by atoms with Gasteiger partial charge in [0.25, 0.3) is 5.91 Å². The number of aliphatic carboxylic acids is 1. The molecule has 0 atom stereocenters. The van der Waals surface area contributed by atoms with E-state index in [1.54, 1.807) is 18.2 Å². The molecule has 0 saturated carbocycles. The van der Waals surface area contributed by atoms with E-state index in [0.717, 1.165) is 0 Å². The zero-order valence-corrected chi connectivity index (χ0v) is 16.4. The van der Waals surface area contributed by atoms with E-state index in [2.05, 4.69) is 0 Å². The predicted molar refractivity (Wildman–Crippen MR) is 104 cm³/mol. The molecule has 1 saturated heterocycles. The van der Waals surface area contributed by atoms with Crippen molar-refractivity contribution < 1.29 is 24.5 Å². The number of carboxylic acids is 1. The highest BCUT2D eigenvalue weighted by Crippen LogP contribution is 2.36. The Bertz CT molecular complexity index is 735. The Morgan fingerprint density at radius 3 is 2.83 bits per heavy atom. The smallest absolute Gasteiger partial charge is 0.303 e. The Morgan fingerprint density at radius 1 is 1.50 bits per heavy atom. The highest BCUT2D eigenvalue weighted by atomic mass is 127. The number of hydrogen-bond acceptors (Lipinski definition) is 6. The van der Waals surface area contributed by atoms with Crippen molar-refractivity contribution in [3.63, 3.8) is 0 Å². The molecule has 0 spiro atoms. The number of carbonyl (C=O) groups excluding carboxylic acids is 1. The van der Waals surface area contributed by atoms with Crippen LogP contribution in [-0.4, -0.2) is 45.0 Å². The summed E-state index contributed by atoms with van der Waals surface area (Å²) >= 11 is 8.35. The zero-order chi connectivity index (χ0) is 17.9. The van der Waals surface area contributed by atoms with E-state index >= 15 is 0 Å². The second-order valence-corrected chi connectivity index (χ2v) is 7.72. The lowest BCUT2D eigenvalue weighted by Crippen LogP contribution is -2.29. The van der Waals surface area contributed by atoms with Crippen LogP contribution in [0.1, 0.15) is 18.4 Å². The summed E-state index contributed by atoms with van der Waals surface area (Å²) in [6.07, 6.45) is 2.02. The van der Waals surface area contributed by atoms with Gasteiger partial charge < -0.3 is 14.9 Å². The molecule has 0 aromatic heterocycles. The van der Waals surface area contributed by atoms with Gasteiger partial charge in [0.1, 0.15) is 4.32 Å². The van der Waals surface area contributed by atoms with Gasteiger partial charge in [0.15, 0.2) is 11.5 Å². The van der Waals surface area contributed by atoms with Crippen LogP contribution in [0.25, 0.3) is 6.08 Å². The lowest BCUT2D eigenvalue weighted by molar-refractivity contribution is -0.137. The molecule has 24 heavy (non-hydrogen) atoms. The average Bonchev–Trinajstić information content (AvgIpc) is 2.77. The van der Waals surface area contributed by atoms with Crippen LogP contribution in [0.3, 0.4) is 0 Å². The molecule has 1 fully saturated rings. The number of halogens is 1. The summed E-state index contributed by atoms with van der Waals surface area (Å²) in [6.45, 7) is 0.282. The Balaban J connectivity index is 2.19. The van der Waals surface area contributed by atoms with Crippen LogP contribution in [0, 0.1) is 3.57 Å². The monoisotopic (exact) mass is 479 g/mol. The fourth-order valence-corrected chi connectivity index (χ4v) is 4.00. The number of rotatable bonds is 6. The largest absolute Gasteiger partial charge is 0.504 e. The molecule has 1 aliphatic heterocycles. The lowest BCUT2D eigenvalue weighted by atomic mass is 10.2. The number of methoxy groups -OCH3 is 1. The van der Waals surface area contributed by atoms with Gasteiger partial charge in [0, 0.05) is 13.0 Å². The number of thioether (sulfide) groups is 1. The maximum atomic E-state index is 12.4. The molecule has 128 valence electrons. The second kappa shape index (κ2) is 8.17. The normalized spacial score (nSPS) is 16.1. The molecule has 2 N–H and O–H groups in total. The zero-order valence-electron chi connectivity index (χ0n) is 12.6. The third-order valence-corrected chi connectivity index (χ3v) is 5.41. The van der Waals surface area contributed by atoms with E-state index < -0.39 is 5.97 Å². The summed E-state index contributed by atoms with van der Waals surface area (Å²) < 4.78 is 6.13. The van der Waals surface area contributed by atoms with Crippen molar-refractivity contribution in [2.24, 2.45) is 0 Å². The van der Waals surface area contributed by atoms with E-state index in [0.29, 0.717) is 30.5 Å². The number of phenolic OH excluding ortho intramolecular Hbond substituents is 1. The SMILES string of the molecule is COc1cc(C=C2SC(=S)N(CCCC(=O)O)C2=O)cc(I)c1O. The maximum Gasteiger partial charge on any atom is 0.303 e. The van der Waals surface area contributed by atoms with Gasteiger partial charge in [0.2, 0.25) is 0 Å². The van der Waals surface area contributed by atoms with Crippen molar-refractivity contribution in [3.05, 3.63) is 26.2 Å². The number of aromatic hydroxyl groups is 1. The van der Waals surface area contributed by atoms with Crippen molar-refractivity contribution in [1.82, 2.24) is 4.90 Å². The molecule has 0 aliphatic carbocycles. The number of thiocarbonyl (C=S) groups is 1. The topological polar surface area (TPSA) is 87.1 Å². The summed E-state index contributed by atoms with van der Waals surface area (Å²) in [5.74, 6) is -0.763. The van der Waals surface area contributed by atoms with Gasteiger partial charge in [-0.2, -0.15) is 0 Å². The van der Waals surface area contributed by atoms with Crippen molar-refractivity contribution in [2.45, 2.75) is 12.8 Å². The highest BCUT2D eigenvalue weighted by Gasteiger charge is 2.31. The van der Waals surface area contributed by atoms with Gasteiger partial charge in [-0.15, -0.1) is 0 Å². The van der Waals surface area contributed by atoms with E-state index in [1.807, 2.05) is 22.6 Å². The Labute approximate surface area is 162 Å². The lowest BCUT2D eigenvalue weighted by Gasteiger charge is -2.13. The molecule has 1 heterocycles. The summed E-state index contributed by atoms with van der Waals surface area (Å²) in [4.78, 5) is 24.9. The Morgan fingerprint density at radius 2 is 2.21 bits per heavy atom. The van der Waals surface area contributed by atoms with E-state index in [4.69, 9.17) is 22.1 Å². The van der Waals surface area contributed by atoms with Crippen molar-refractivity contribution in [1.29, 1.82) is 0 Å². The number of phenols is 1. The number of carbonyl (C=O) groups is 2. The van der Waals surface area contributed by atoms with Gasteiger partial charge >= 0.3 is 5.97 Å². The summed E-state index contributed by atoms with van der Waals surface area (Å²) in [5, 5.41) is 18.5. The Hall–Kier alpha value is -1.33. The first-order valence-corrected chi connectivity index (χ1v) is 9.17. The van der Waals surface area contributed by atoms with Gasteiger partial charge in [-0.05, 0) is 52.8 Å². The molecule has 0 bridgehead atoms. The maximum absolute atomic E-state index is 12.4. The van der Waals surface area contributed by atoms with Crippen LogP contribution < -0.4 is 4.74 Å².